The van der Waals surface area contributed by atoms with Crippen LogP contribution in [-0.4, -0.2) is 0 Å². The van der Waals surface area contributed by atoms with Gasteiger partial charge >= 0.3 is 0 Å². The topological polar surface area (TPSA) is 26.3 Å². The van der Waals surface area contributed by atoms with E-state index in [-0.39, 0.29) is 0 Å². The maximum absolute atomic E-state index is 6.62. The summed E-state index contributed by atoms with van der Waals surface area (Å²) in [5.74, 6) is 1.74. The second-order valence-electron chi connectivity index (χ2n) is 13.7. The van der Waals surface area contributed by atoms with Crippen LogP contribution in [0.2, 0.25) is 0 Å². The predicted molar refractivity (Wildman–Crippen MR) is 214 cm³/mol. The number of rotatable bonds is 4. The predicted octanol–water partition coefficient (Wildman–Crippen LogP) is 14.2. The van der Waals surface area contributed by atoms with Crippen LogP contribution in [-0.2, 0) is 0 Å². The van der Waals surface area contributed by atoms with Crippen molar-refractivity contribution in [1.29, 1.82) is 0 Å². The highest BCUT2D eigenvalue weighted by Gasteiger charge is 2.23. The third-order valence-corrected chi connectivity index (χ3v) is 10.7. The molecule has 9 aromatic carbocycles. The number of hydrogen-bond acceptors (Lipinski definition) is 2. The van der Waals surface area contributed by atoms with E-state index >= 15 is 0 Å². The van der Waals surface area contributed by atoms with Crippen LogP contribution in [0.1, 0.15) is 5.56 Å². The van der Waals surface area contributed by atoms with Crippen LogP contribution in [0.3, 0.4) is 0 Å². The molecule has 2 heteroatoms. The largest absolute Gasteiger partial charge is 0.456 e. The van der Waals surface area contributed by atoms with Crippen LogP contribution in [0.5, 0.6) is 0 Å². The van der Waals surface area contributed by atoms with E-state index in [9.17, 15) is 0 Å². The van der Waals surface area contributed by atoms with Crippen LogP contribution >= 0.6 is 0 Å². The zero-order valence-corrected chi connectivity index (χ0v) is 27.9. The van der Waals surface area contributed by atoms with E-state index in [0.29, 0.717) is 0 Å². The molecule has 0 atom stereocenters. The van der Waals surface area contributed by atoms with Crippen molar-refractivity contribution in [2.75, 3.05) is 0 Å². The summed E-state index contributed by atoms with van der Waals surface area (Å²) in [4.78, 5) is 0. The van der Waals surface area contributed by atoms with Crippen molar-refractivity contribution in [2.45, 2.75) is 6.92 Å². The highest BCUT2D eigenvalue weighted by Crippen LogP contribution is 2.49. The summed E-state index contributed by atoms with van der Waals surface area (Å²) in [7, 11) is 0. The molecule has 0 amide bonds. The first-order valence-corrected chi connectivity index (χ1v) is 17.5. The molecule has 2 nitrogen and oxygen atoms in total. The van der Waals surface area contributed by atoms with Gasteiger partial charge in [-0.3, -0.25) is 0 Å². The lowest BCUT2D eigenvalue weighted by atomic mass is 9.83. The normalized spacial score (nSPS) is 12.0. The molecule has 0 aliphatic carbocycles. The average molecular weight is 651 g/mol. The molecule has 0 spiro atoms. The zero-order chi connectivity index (χ0) is 33.6. The molecule has 2 aromatic heterocycles. The van der Waals surface area contributed by atoms with Gasteiger partial charge in [0, 0.05) is 21.9 Å². The van der Waals surface area contributed by atoms with E-state index in [1.165, 1.54) is 70.9 Å². The minimum Gasteiger partial charge on any atom is -0.456 e. The Bertz CT molecular complexity index is 3070. The zero-order valence-electron chi connectivity index (χ0n) is 27.9. The Balaban J connectivity index is 1.30. The minimum absolute atomic E-state index is 0.868. The first-order valence-electron chi connectivity index (χ1n) is 17.5. The number of para-hydroxylation sites is 2. The summed E-state index contributed by atoms with van der Waals surface area (Å²) in [6.45, 7) is 2.14. The van der Waals surface area contributed by atoms with E-state index in [0.717, 1.165) is 44.6 Å². The summed E-state index contributed by atoms with van der Waals surface area (Å²) >= 11 is 0. The average Bonchev–Trinajstić information content (AvgIpc) is 3.81. The molecular formula is C49H30O2. The third-order valence-electron chi connectivity index (χ3n) is 10.7. The lowest BCUT2D eigenvalue weighted by molar-refractivity contribution is 0.632. The van der Waals surface area contributed by atoms with Gasteiger partial charge in [-0.1, -0.05) is 127 Å². The summed E-state index contributed by atoms with van der Waals surface area (Å²) in [6, 6.07) is 59.1. The number of aryl methyl sites for hydroxylation is 1. The smallest absolute Gasteiger partial charge is 0.136 e. The van der Waals surface area contributed by atoms with Crippen molar-refractivity contribution < 1.29 is 8.83 Å². The van der Waals surface area contributed by atoms with Crippen molar-refractivity contribution >= 4 is 65.0 Å². The quantitative estimate of drug-likeness (QED) is 0.177. The molecule has 0 aliphatic rings. The second kappa shape index (κ2) is 10.7. The second-order valence-corrected chi connectivity index (χ2v) is 13.7. The first-order chi connectivity index (χ1) is 25.2. The Labute approximate surface area is 294 Å². The summed E-state index contributed by atoms with van der Waals surface area (Å²) in [5, 5.41) is 11.9. The van der Waals surface area contributed by atoms with Gasteiger partial charge in [-0.25, -0.2) is 0 Å². The Morgan fingerprint density at radius 1 is 0.333 bits per heavy atom. The van der Waals surface area contributed by atoms with E-state index in [1.54, 1.807) is 0 Å². The van der Waals surface area contributed by atoms with Crippen molar-refractivity contribution in [3.63, 3.8) is 0 Å². The molecule has 238 valence electrons. The van der Waals surface area contributed by atoms with Gasteiger partial charge in [-0.2, -0.15) is 0 Å². The van der Waals surface area contributed by atoms with Gasteiger partial charge in [0.1, 0.15) is 22.7 Å². The van der Waals surface area contributed by atoms with E-state index < -0.39 is 0 Å². The highest BCUT2D eigenvalue weighted by molar-refractivity contribution is 6.32. The molecule has 0 saturated carbocycles. The Kier molecular flexibility index (Phi) is 5.91. The molecule has 0 bridgehead atoms. The first kappa shape index (κ1) is 28.2. The molecule has 11 aromatic rings. The summed E-state index contributed by atoms with van der Waals surface area (Å²) in [6.07, 6.45) is 0. The fourth-order valence-electron chi connectivity index (χ4n) is 8.20. The Hall–Kier alpha value is -6.64. The molecule has 0 fully saturated rings. The monoisotopic (exact) mass is 650 g/mol. The number of benzene rings is 9. The van der Waals surface area contributed by atoms with Gasteiger partial charge in [0.15, 0.2) is 0 Å². The van der Waals surface area contributed by atoms with Gasteiger partial charge < -0.3 is 8.83 Å². The number of fused-ring (bicyclic) bond motifs is 3. The van der Waals surface area contributed by atoms with Crippen LogP contribution < -0.4 is 0 Å². The molecule has 0 saturated heterocycles. The summed E-state index contributed by atoms with van der Waals surface area (Å²) < 4.78 is 13.2. The molecule has 11 rings (SSSR count). The molecule has 0 aliphatic heterocycles. The lowest BCUT2D eigenvalue weighted by Crippen LogP contribution is -1.94. The standard InChI is InChI=1S/C49H30O2/c1-29-14-16-31(17-15-29)40-27-42(46-25-34-10-4-6-12-44(34)50-46)38-23-21-37-41(33-19-18-30-8-2-3-9-32(30)24-33)28-43(39-22-20-36(40)48(38)49(37)39)47-26-35-11-5-7-13-45(35)51-47/h2-28H,1H3. The highest BCUT2D eigenvalue weighted by atomic mass is 16.3. The molecule has 0 N–H and O–H groups in total. The van der Waals surface area contributed by atoms with Gasteiger partial charge in [-0.05, 0) is 115 Å². The van der Waals surface area contributed by atoms with Crippen molar-refractivity contribution in [2.24, 2.45) is 0 Å². The van der Waals surface area contributed by atoms with Gasteiger partial charge in [0.05, 0.1) is 0 Å². The fourth-order valence-corrected chi connectivity index (χ4v) is 8.20. The van der Waals surface area contributed by atoms with Crippen molar-refractivity contribution in [1.82, 2.24) is 0 Å². The molecule has 0 unspecified atom stereocenters. The fraction of sp³-hybridized carbons (Fsp3) is 0.0204. The molecule has 0 radical (unpaired) electrons. The van der Waals surface area contributed by atoms with Gasteiger partial charge in [-0.15, -0.1) is 0 Å². The van der Waals surface area contributed by atoms with Crippen molar-refractivity contribution in [3.05, 3.63) is 169 Å². The number of hydrogen-bond donors (Lipinski definition) is 0. The SMILES string of the molecule is Cc1ccc(-c2cc(-c3cc4ccccc4o3)c3ccc4c(-c5ccc6ccccc6c5)cc(-c5cc6ccccc6o5)c5ccc2c3c45)cc1. The van der Waals surface area contributed by atoms with Crippen LogP contribution in [0.4, 0.5) is 0 Å². The third kappa shape index (κ3) is 4.30. The Morgan fingerprint density at radius 3 is 1.33 bits per heavy atom. The summed E-state index contributed by atoms with van der Waals surface area (Å²) in [5.41, 5.74) is 9.93. The van der Waals surface area contributed by atoms with Gasteiger partial charge in [0.25, 0.3) is 0 Å². The van der Waals surface area contributed by atoms with Crippen LogP contribution in [0.15, 0.2) is 173 Å². The van der Waals surface area contributed by atoms with E-state index in [4.69, 9.17) is 8.83 Å². The maximum atomic E-state index is 6.62. The van der Waals surface area contributed by atoms with Crippen LogP contribution in [0, 0.1) is 6.92 Å². The maximum Gasteiger partial charge on any atom is 0.136 e. The van der Waals surface area contributed by atoms with E-state index in [1.807, 2.05) is 24.3 Å². The van der Waals surface area contributed by atoms with Gasteiger partial charge in [0.2, 0.25) is 0 Å². The molecule has 51 heavy (non-hydrogen) atoms. The van der Waals surface area contributed by atoms with Crippen LogP contribution in [0.25, 0.3) is 110 Å². The van der Waals surface area contributed by atoms with E-state index in [2.05, 4.69) is 146 Å². The molecule has 2 heterocycles. The lowest BCUT2D eigenvalue weighted by Gasteiger charge is -2.20. The van der Waals surface area contributed by atoms with Crippen molar-refractivity contribution in [3.8, 4) is 44.9 Å². The molecular weight excluding hydrogens is 621 g/mol. The minimum atomic E-state index is 0.868. The Morgan fingerprint density at radius 2 is 0.784 bits per heavy atom. The number of furan rings is 2.